The summed E-state index contributed by atoms with van der Waals surface area (Å²) in [5.41, 5.74) is 0.617. The molecule has 0 aliphatic carbocycles. The maximum atomic E-state index is 12.6. The molecular formula is C24H23NO6S. The fourth-order valence-electron chi connectivity index (χ4n) is 3.66. The van der Waals surface area contributed by atoms with Crippen LogP contribution in [0.2, 0.25) is 0 Å². The van der Waals surface area contributed by atoms with Crippen molar-refractivity contribution in [3.05, 3.63) is 71.8 Å². The lowest BCUT2D eigenvalue weighted by Gasteiger charge is -2.15. The summed E-state index contributed by atoms with van der Waals surface area (Å²) in [5.74, 6) is -0.289. The zero-order valence-corrected chi connectivity index (χ0v) is 18.4. The highest BCUT2D eigenvalue weighted by molar-refractivity contribution is 7.89. The van der Waals surface area contributed by atoms with Crippen molar-refractivity contribution in [2.75, 3.05) is 26.8 Å². The third-order valence-corrected chi connectivity index (χ3v) is 7.41. The standard InChI is InChI=1S/C24H23NO6S/c1-30-21-9-6-18-14-20(5-4-19(18)15-21)23(26)16-31-24(27)17-7-10-22(11-8-17)32(28,29)25-12-2-3-13-25/h4-11,14-15H,2-3,12-13,16H2,1H3. The van der Waals surface area contributed by atoms with Crippen LogP contribution in [0.4, 0.5) is 0 Å². The Bertz CT molecular complexity index is 1260. The second-order valence-corrected chi connectivity index (χ2v) is 9.50. The van der Waals surface area contributed by atoms with Gasteiger partial charge < -0.3 is 9.47 Å². The number of carbonyl (C=O) groups excluding carboxylic acids is 2. The van der Waals surface area contributed by atoms with Gasteiger partial charge >= 0.3 is 5.97 Å². The summed E-state index contributed by atoms with van der Waals surface area (Å²) in [6, 6.07) is 16.4. The average molecular weight is 454 g/mol. The molecule has 1 aliphatic rings. The fraction of sp³-hybridized carbons (Fsp3) is 0.250. The lowest BCUT2D eigenvalue weighted by atomic mass is 10.0. The van der Waals surface area contributed by atoms with Gasteiger partial charge in [-0.1, -0.05) is 18.2 Å². The van der Waals surface area contributed by atoms with Gasteiger partial charge in [0.25, 0.3) is 0 Å². The Morgan fingerprint density at radius 1 is 0.875 bits per heavy atom. The number of sulfonamides is 1. The average Bonchev–Trinajstić information content (AvgIpc) is 3.37. The van der Waals surface area contributed by atoms with Crippen LogP contribution in [0.3, 0.4) is 0 Å². The van der Waals surface area contributed by atoms with E-state index in [1.165, 1.54) is 28.6 Å². The first-order chi connectivity index (χ1) is 15.4. The highest BCUT2D eigenvalue weighted by Gasteiger charge is 2.27. The number of hydrogen-bond donors (Lipinski definition) is 0. The van der Waals surface area contributed by atoms with Crippen LogP contribution < -0.4 is 4.74 Å². The van der Waals surface area contributed by atoms with Crippen LogP contribution in [0, 0.1) is 0 Å². The highest BCUT2D eigenvalue weighted by Crippen LogP contribution is 2.23. The molecule has 0 amide bonds. The predicted molar refractivity (Wildman–Crippen MR) is 120 cm³/mol. The van der Waals surface area contributed by atoms with Gasteiger partial charge in [-0.3, -0.25) is 4.79 Å². The minimum atomic E-state index is -3.55. The number of benzene rings is 3. The number of esters is 1. The van der Waals surface area contributed by atoms with Crippen molar-refractivity contribution in [3.8, 4) is 5.75 Å². The lowest BCUT2D eigenvalue weighted by Crippen LogP contribution is -2.27. The van der Waals surface area contributed by atoms with Crippen LogP contribution in [0.1, 0.15) is 33.6 Å². The number of Topliss-reactive ketones (excluding diaryl/α,β-unsaturated/α-hetero) is 1. The summed E-state index contributed by atoms with van der Waals surface area (Å²) in [4.78, 5) is 25.0. The largest absolute Gasteiger partial charge is 0.497 e. The summed E-state index contributed by atoms with van der Waals surface area (Å²) in [7, 11) is -1.96. The van der Waals surface area contributed by atoms with Crippen LogP contribution in [0.15, 0.2) is 65.6 Å². The second kappa shape index (κ2) is 9.10. The summed E-state index contributed by atoms with van der Waals surface area (Å²) < 4.78 is 36.9. The molecule has 8 heteroatoms. The van der Waals surface area contributed by atoms with Gasteiger partial charge in [-0.2, -0.15) is 4.31 Å². The minimum Gasteiger partial charge on any atom is -0.497 e. The fourth-order valence-corrected chi connectivity index (χ4v) is 5.18. The molecule has 1 aliphatic heterocycles. The number of methoxy groups -OCH3 is 1. The maximum absolute atomic E-state index is 12.6. The number of rotatable bonds is 7. The van der Waals surface area contributed by atoms with Gasteiger partial charge in [0.1, 0.15) is 5.75 Å². The second-order valence-electron chi connectivity index (χ2n) is 7.56. The number of hydrogen-bond acceptors (Lipinski definition) is 6. The van der Waals surface area contributed by atoms with E-state index in [0.29, 0.717) is 18.7 Å². The molecule has 1 fully saturated rings. The van der Waals surface area contributed by atoms with Crippen molar-refractivity contribution in [2.45, 2.75) is 17.7 Å². The van der Waals surface area contributed by atoms with E-state index in [1.807, 2.05) is 24.3 Å². The van der Waals surface area contributed by atoms with E-state index in [0.717, 1.165) is 29.4 Å². The quantitative estimate of drug-likeness (QED) is 0.401. The van der Waals surface area contributed by atoms with E-state index in [2.05, 4.69) is 0 Å². The number of ether oxygens (including phenoxy) is 2. The molecule has 1 saturated heterocycles. The molecule has 0 unspecified atom stereocenters. The molecule has 166 valence electrons. The molecule has 0 atom stereocenters. The third kappa shape index (κ3) is 4.51. The van der Waals surface area contributed by atoms with Gasteiger partial charge in [0, 0.05) is 18.7 Å². The van der Waals surface area contributed by atoms with Gasteiger partial charge in [-0.15, -0.1) is 0 Å². The first kappa shape index (κ1) is 22.0. The van der Waals surface area contributed by atoms with Gasteiger partial charge in [0.05, 0.1) is 17.6 Å². The first-order valence-electron chi connectivity index (χ1n) is 10.3. The van der Waals surface area contributed by atoms with Crippen LogP contribution in [-0.2, 0) is 14.8 Å². The first-order valence-corrected chi connectivity index (χ1v) is 11.7. The molecule has 3 aromatic rings. The molecular weight excluding hydrogens is 430 g/mol. The Balaban J connectivity index is 1.40. The summed E-state index contributed by atoms with van der Waals surface area (Å²) in [5, 5.41) is 1.81. The van der Waals surface area contributed by atoms with Gasteiger partial charge in [-0.05, 0) is 66.1 Å². The SMILES string of the molecule is COc1ccc2cc(C(=O)COC(=O)c3ccc(S(=O)(=O)N4CCCC4)cc3)ccc2c1. The van der Waals surface area contributed by atoms with E-state index in [4.69, 9.17) is 9.47 Å². The summed E-state index contributed by atoms with van der Waals surface area (Å²) >= 11 is 0. The normalized spacial score (nSPS) is 14.4. The smallest absolute Gasteiger partial charge is 0.338 e. The van der Waals surface area contributed by atoms with E-state index in [-0.39, 0.29) is 16.2 Å². The van der Waals surface area contributed by atoms with E-state index in [9.17, 15) is 18.0 Å². The lowest BCUT2D eigenvalue weighted by molar-refractivity contribution is 0.0474. The molecule has 0 radical (unpaired) electrons. The molecule has 7 nitrogen and oxygen atoms in total. The monoisotopic (exact) mass is 453 g/mol. The molecule has 4 rings (SSSR count). The molecule has 3 aromatic carbocycles. The summed E-state index contributed by atoms with van der Waals surface area (Å²) in [6.45, 7) is 0.613. The number of fused-ring (bicyclic) bond motifs is 1. The van der Waals surface area contributed by atoms with E-state index < -0.39 is 22.6 Å². The zero-order valence-electron chi connectivity index (χ0n) is 17.6. The number of ketones is 1. The Labute approximate surface area is 186 Å². The predicted octanol–water partition coefficient (Wildman–Crippen LogP) is 3.67. The van der Waals surface area contributed by atoms with Crippen LogP contribution in [-0.4, -0.2) is 51.3 Å². The molecule has 0 aromatic heterocycles. The Hall–Kier alpha value is -3.23. The van der Waals surface area contributed by atoms with Gasteiger partial charge in [0.2, 0.25) is 10.0 Å². The van der Waals surface area contributed by atoms with Crippen molar-refractivity contribution in [1.29, 1.82) is 0 Å². The Morgan fingerprint density at radius 2 is 1.50 bits per heavy atom. The molecule has 0 bridgehead atoms. The number of nitrogens with zero attached hydrogens (tertiary/aromatic N) is 1. The molecule has 32 heavy (non-hydrogen) atoms. The highest BCUT2D eigenvalue weighted by atomic mass is 32.2. The van der Waals surface area contributed by atoms with E-state index >= 15 is 0 Å². The van der Waals surface area contributed by atoms with Crippen LogP contribution in [0.5, 0.6) is 5.75 Å². The Morgan fingerprint density at radius 3 is 2.19 bits per heavy atom. The van der Waals surface area contributed by atoms with Crippen molar-refractivity contribution in [1.82, 2.24) is 4.31 Å². The zero-order chi connectivity index (χ0) is 22.7. The molecule has 0 saturated carbocycles. The van der Waals surface area contributed by atoms with Crippen molar-refractivity contribution < 1.29 is 27.5 Å². The minimum absolute atomic E-state index is 0.139. The van der Waals surface area contributed by atoms with Crippen molar-refractivity contribution in [3.63, 3.8) is 0 Å². The molecule has 0 spiro atoms. The van der Waals surface area contributed by atoms with Crippen molar-refractivity contribution in [2.24, 2.45) is 0 Å². The van der Waals surface area contributed by atoms with Crippen LogP contribution in [0.25, 0.3) is 10.8 Å². The molecule has 1 heterocycles. The summed E-state index contributed by atoms with van der Waals surface area (Å²) in [6.07, 6.45) is 1.70. The third-order valence-electron chi connectivity index (χ3n) is 5.50. The molecule has 0 N–H and O–H groups in total. The van der Waals surface area contributed by atoms with Crippen LogP contribution >= 0.6 is 0 Å². The number of carbonyl (C=O) groups is 2. The van der Waals surface area contributed by atoms with Crippen molar-refractivity contribution >= 4 is 32.5 Å². The van der Waals surface area contributed by atoms with Gasteiger partial charge in [-0.25, -0.2) is 13.2 Å². The Kier molecular flexibility index (Phi) is 6.25. The van der Waals surface area contributed by atoms with E-state index in [1.54, 1.807) is 19.2 Å². The maximum Gasteiger partial charge on any atom is 0.338 e. The van der Waals surface area contributed by atoms with Gasteiger partial charge in [0.15, 0.2) is 12.4 Å². The topological polar surface area (TPSA) is 90.0 Å².